The zero-order valence-corrected chi connectivity index (χ0v) is 24.1. The summed E-state index contributed by atoms with van der Waals surface area (Å²) >= 11 is 0. The summed E-state index contributed by atoms with van der Waals surface area (Å²) in [6, 6.07) is 15.8. The number of nitrogens with zero attached hydrogens (tertiary/aromatic N) is 5. The molecule has 2 aromatic carbocycles. The number of amides is 2. The molecule has 3 aromatic rings. The summed E-state index contributed by atoms with van der Waals surface area (Å²) in [5.74, 6) is -0.305. The Labute approximate surface area is 241 Å². The minimum Gasteiger partial charge on any atom is -0.371 e. The van der Waals surface area contributed by atoms with Crippen LogP contribution >= 0.6 is 0 Å². The monoisotopic (exact) mass is 575 g/mol. The number of benzene rings is 2. The molecule has 10 heteroatoms. The van der Waals surface area contributed by atoms with Crippen LogP contribution in [0.15, 0.2) is 71.9 Å². The number of aromatic nitrogens is 1. The molecule has 9 nitrogen and oxygen atoms in total. The summed E-state index contributed by atoms with van der Waals surface area (Å²) in [5, 5.41) is 1.79. The van der Waals surface area contributed by atoms with Crippen molar-refractivity contribution < 1.29 is 18.0 Å². The first kappa shape index (κ1) is 27.7. The molecule has 3 fully saturated rings. The predicted octanol–water partition coefficient (Wildman–Crippen LogP) is 3.37. The van der Waals surface area contributed by atoms with Gasteiger partial charge in [0.1, 0.15) is 6.04 Å². The molecule has 0 spiro atoms. The van der Waals surface area contributed by atoms with Gasteiger partial charge in [0.2, 0.25) is 21.8 Å². The molecular formula is C31H37N5O4S. The van der Waals surface area contributed by atoms with Gasteiger partial charge >= 0.3 is 0 Å². The highest BCUT2D eigenvalue weighted by atomic mass is 32.2. The van der Waals surface area contributed by atoms with Crippen LogP contribution in [0.3, 0.4) is 0 Å². The molecule has 6 rings (SSSR count). The van der Waals surface area contributed by atoms with Gasteiger partial charge in [-0.2, -0.15) is 4.31 Å². The maximum atomic E-state index is 14.0. The molecule has 41 heavy (non-hydrogen) atoms. The molecule has 3 aliphatic heterocycles. The maximum absolute atomic E-state index is 14.0. The van der Waals surface area contributed by atoms with E-state index in [0.717, 1.165) is 61.7 Å². The summed E-state index contributed by atoms with van der Waals surface area (Å²) in [5.41, 5.74) is 1.10. The number of hydrogen-bond donors (Lipinski definition) is 0. The van der Waals surface area contributed by atoms with Crippen LogP contribution in [0.5, 0.6) is 0 Å². The van der Waals surface area contributed by atoms with Crippen molar-refractivity contribution in [2.75, 3.05) is 50.7 Å². The molecule has 0 aliphatic carbocycles. The number of piperidine rings is 2. The predicted molar refractivity (Wildman–Crippen MR) is 158 cm³/mol. The van der Waals surface area contributed by atoms with Crippen molar-refractivity contribution in [3.05, 3.63) is 67.0 Å². The number of fused-ring (bicyclic) bond motifs is 1. The number of sulfonamides is 1. The molecular weight excluding hydrogens is 538 g/mol. The van der Waals surface area contributed by atoms with E-state index < -0.39 is 16.1 Å². The average molecular weight is 576 g/mol. The molecule has 2 amide bonds. The minimum absolute atomic E-state index is 0.0265. The zero-order chi connectivity index (χ0) is 28.4. The van der Waals surface area contributed by atoms with Crippen molar-refractivity contribution in [1.29, 1.82) is 0 Å². The zero-order valence-electron chi connectivity index (χ0n) is 23.3. The number of carbonyl (C=O) groups is 2. The van der Waals surface area contributed by atoms with Gasteiger partial charge in [0.15, 0.2) is 0 Å². The Hall–Kier alpha value is -3.50. The molecule has 0 saturated carbocycles. The van der Waals surface area contributed by atoms with Gasteiger partial charge in [-0.05, 0) is 67.1 Å². The normalized spacial score (nSPS) is 21.3. The number of anilines is 1. The molecule has 0 bridgehead atoms. The van der Waals surface area contributed by atoms with Crippen molar-refractivity contribution in [3.8, 4) is 0 Å². The fraction of sp³-hybridized carbons (Fsp3) is 0.452. The van der Waals surface area contributed by atoms with Crippen molar-refractivity contribution in [2.45, 2.75) is 43.0 Å². The number of likely N-dealkylation sites (tertiary alicyclic amines) is 1. The lowest BCUT2D eigenvalue weighted by Gasteiger charge is -2.43. The van der Waals surface area contributed by atoms with Crippen LogP contribution in [0.2, 0.25) is 0 Å². The van der Waals surface area contributed by atoms with E-state index in [9.17, 15) is 18.0 Å². The Balaban J connectivity index is 1.21. The first-order valence-electron chi connectivity index (χ1n) is 14.6. The molecule has 3 aliphatic rings. The van der Waals surface area contributed by atoms with Gasteiger partial charge in [0.05, 0.1) is 4.90 Å². The van der Waals surface area contributed by atoms with Crippen LogP contribution in [-0.2, 0) is 19.6 Å². The summed E-state index contributed by atoms with van der Waals surface area (Å²) in [7, 11) is -3.96. The molecule has 0 radical (unpaired) electrons. The van der Waals surface area contributed by atoms with E-state index in [2.05, 4.69) is 9.88 Å². The summed E-state index contributed by atoms with van der Waals surface area (Å²) in [6.45, 7) is 3.26. The quantitative estimate of drug-likeness (QED) is 0.463. The Bertz CT molecular complexity index is 1500. The molecule has 1 atom stereocenters. The smallest absolute Gasteiger partial charge is 0.243 e. The molecule has 0 N–H and O–H groups in total. The number of hydrogen-bond acceptors (Lipinski definition) is 6. The number of rotatable bonds is 5. The standard InChI is InChI=1S/C31H37N5O4S/c37-30(25-12-18-33(19-13-25)27-10-14-32-15-11-27)35-20-21-36(29(23-35)31(38)34-16-4-1-5-17-34)41(39,40)28-9-8-24-6-2-3-7-26(24)22-28/h2-3,6-11,14-15,22,25,29H,1,4-5,12-13,16-21,23H2. The van der Waals surface area contributed by atoms with Crippen molar-refractivity contribution in [1.82, 2.24) is 19.1 Å². The third-order valence-corrected chi connectivity index (χ3v) is 10.7. The van der Waals surface area contributed by atoms with E-state index in [4.69, 9.17) is 0 Å². The highest BCUT2D eigenvalue weighted by Crippen LogP contribution is 2.29. The second-order valence-corrected chi connectivity index (χ2v) is 13.2. The van der Waals surface area contributed by atoms with Gasteiger partial charge in [-0.25, -0.2) is 8.42 Å². The molecule has 4 heterocycles. The van der Waals surface area contributed by atoms with E-state index in [0.29, 0.717) is 13.1 Å². The second kappa shape index (κ2) is 11.8. The largest absolute Gasteiger partial charge is 0.371 e. The fourth-order valence-corrected chi connectivity index (χ4v) is 8.04. The fourth-order valence-electron chi connectivity index (χ4n) is 6.44. The minimum atomic E-state index is -3.96. The Morgan fingerprint density at radius 1 is 0.732 bits per heavy atom. The van der Waals surface area contributed by atoms with Crippen LogP contribution in [-0.4, -0.2) is 91.2 Å². The third kappa shape index (κ3) is 5.67. The lowest BCUT2D eigenvalue weighted by molar-refractivity contribution is -0.144. The highest BCUT2D eigenvalue weighted by molar-refractivity contribution is 7.89. The first-order chi connectivity index (χ1) is 19.9. The van der Waals surface area contributed by atoms with Crippen LogP contribution in [0.1, 0.15) is 32.1 Å². The molecule has 216 valence electrons. The van der Waals surface area contributed by atoms with Crippen molar-refractivity contribution in [2.24, 2.45) is 5.92 Å². The molecule has 3 saturated heterocycles. The Morgan fingerprint density at radius 3 is 2.17 bits per heavy atom. The van der Waals surface area contributed by atoms with Crippen LogP contribution in [0, 0.1) is 5.92 Å². The van der Waals surface area contributed by atoms with E-state index in [-0.39, 0.29) is 42.3 Å². The van der Waals surface area contributed by atoms with E-state index in [1.807, 2.05) is 42.5 Å². The lowest BCUT2D eigenvalue weighted by atomic mass is 9.94. The van der Waals surface area contributed by atoms with E-state index in [1.54, 1.807) is 34.3 Å². The van der Waals surface area contributed by atoms with Gasteiger partial charge in [0, 0.05) is 69.8 Å². The molecule has 1 unspecified atom stereocenters. The first-order valence-corrected chi connectivity index (χ1v) is 16.1. The highest BCUT2D eigenvalue weighted by Gasteiger charge is 2.44. The van der Waals surface area contributed by atoms with Gasteiger partial charge in [-0.1, -0.05) is 30.3 Å². The van der Waals surface area contributed by atoms with Crippen LogP contribution in [0.4, 0.5) is 5.69 Å². The third-order valence-electron chi connectivity index (χ3n) is 8.80. The summed E-state index contributed by atoms with van der Waals surface area (Å²) in [4.78, 5) is 37.7. The average Bonchev–Trinajstić information content (AvgIpc) is 3.04. The van der Waals surface area contributed by atoms with Crippen LogP contribution in [0.25, 0.3) is 10.8 Å². The number of piperazine rings is 1. The number of pyridine rings is 1. The van der Waals surface area contributed by atoms with E-state index in [1.165, 1.54) is 4.31 Å². The topological polar surface area (TPSA) is 94.1 Å². The molecule has 1 aromatic heterocycles. The van der Waals surface area contributed by atoms with Gasteiger partial charge < -0.3 is 14.7 Å². The van der Waals surface area contributed by atoms with Crippen molar-refractivity contribution in [3.63, 3.8) is 0 Å². The van der Waals surface area contributed by atoms with Gasteiger partial charge in [-0.15, -0.1) is 0 Å². The van der Waals surface area contributed by atoms with Crippen LogP contribution < -0.4 is 4.90 Å². The SMILES string of the molecule is O=C(C1CCN(c2ccncc2)CC1)N1CCN(S(=O)(=O)c2ccc3ccccc3c2)C(C(=O)N2CCCCC2)C1. The van der Waals surface area contributed by atoms with Gasteiger partial charge in [-0.3, -0.25) is 14.6 Å². The second-order valence-electron chi connectivity index (χ2n) is 11.3. The Kier molecular flexibility index (Phi) is 7.94. The summed E-state index contributed by atoms with van der Waals surface area (Å²) < 4.78 is 29.4. The maximum Gasteiger partial charge on any atom is 0.243 e. The Morgan fingerprint density at radius 2 is 1.44 bits per heavy atom. The lowest BCUT2D eigenvalue weighted by Crippen LogP contribution is -2.63. The van der Waals surface area contributed by atoms with E-state index >= 15 is 0 Å². The number of carbonyl (C=O) groups excluding carboxylic acids is 2. The van der Waals surface area contributed by atoms with Crippen molar-refractivity contribution >= 4 is 38.3 Å². The summed E-state index contributed by atoms with van der Waals surface area (Å²) in [6.07, 6.45) is 7.89. The van der Waals surface area contributed by atoms with Gasteiger partial charge in [0.25, 0.3) is 0 Å².